The molecule has 2 aliphatic carbocycles. The number of nitrogens with zero attached hydrogens (tertiary/aromatic N) is 1. The Hall–Kier alpha value is -0.610. The predicted molar refractivity (Wildman–Crippen MR) is 62.0 cm³/mol. The molecule has 0 aromatic heterocycles. The summed E-state index contributed by atoms with van der Waals surface area (Å²) in [6, 6.07) is 0.736. The Morgan fingerprint density at radius 3 is 2.75 bits per heavy atom. The van der Waals surface area contributed by atoms with Crippen LogP contribution in [-0.4, -0.2) is 42.6 Å². The third kappa shape index (κ3) is 3.19. The van der Waals surface area contributed by atoms with Crippen molar-refractivity contribution in [3.8, 4) is 0 Å². The summed E-state index contributed by atoms with van der Waals surface area (Å²) in [6.45, 7) is 0.227. The van der Waals surface area contributed by atoms with E-state index in [2.05, 4.69) is 0 Å². The van der Waals surface area contributed by atoms with Crippen molar-refractivity contribution < 1.29 is 9.53 Å². The molecule has 2 fully saturated rings. The van der Waals surface area contributed by atoms with Crippen LogP contribution < -0.4 is 5.73 Å². The maximum atomic E-state index is 11.7. The highest BCUT2D eigenvalue weighted by atomic mass is 16.5. The van der Waals surface area contributed by atoms with E-state index in [0.29, 0.717) is 6.04 Å². The van der Waals surface area contributed by atoms with Crippen LogP contribution in [0.2, 0.25) is 0 Å². The molecule has 0 aromatic rings. The molecule has 2 saturated carbocycles. The Morgan fingerprint density at radius 1 is 1.38 bits per heavy atom. The molecule has 0 aromatic carbocycles. The van der Waals surface area contributed by atoms with E-state index < -0.39 is 0 Å². The Morgan fingerprint density at radius 2 is 2.12 bits per heavy atom. The second-order valence-corrected chi connectivity index (χ2v) is 5.10. The highest BCUT2D eigenvalue weighted by molar-refractivity contribution is 5.77. The number of rotatable bonds is 4. The average Bonchev–Trinajstić information content (AvgIpc) is 3.09. The standard InChI is InChI=1S/C12H22N2O2/c1-14(10-5-6-10)12(15)8-16-11-4-2-3-9(13)7-11/h9-11H,2-8,13H2,1H3. The number of hydrogen-bond donors (Lipinski definition) is 1. The lowest BCUT2D eigenvalue weighted by Gasteiger charge is -2.27. The number of nitrogens with two attached hydrogens (primary N) is 1. The van der Waals surface area contributed by atoms with Gasteiger partial charge in [0.1, 0.15) is 6.61 Å². The molecule has 0 radical (unpaired) electrons. The lowest BCUT2D eigenvalue weighted by Crippen LogP contribution is -2.36. The van der Waals surface area contributed by atoms with Gasteiger partial charge in [0.2, 0.25) is 5.91 Å². The predicted octanol–water partition coefficient (Wildman–Crippen LogP) is 0.894. The van der Waals surface area contributed by atoms with Crippen LogP contribution in [0.1, 0.15) is 38.5 Å². The fourth-order valence-electron chi connectivity index (χ4n) is 2.29. The van der Waals surface area contributed by atoms with Crippen LogP contribution in [0.15, 0.2) is 0 Å². The van der Waals surface area contributed by atoms with Gasteiger partial charge in [0.15, 0.2) is 0 Å². The van der Waals surface area contributed by atoms with Gasteiger partial charge in [-0.25, -0.2) is 0 Å². The summed E-state index contributed by atoms with van der Waals surface area (Å²) in [5, 5.41) is 0. The van der Waals surface area contributed by atoms with E-state index in [-0.39, 0.29) is 24.7 Å². The first kappa shape index (κ1) is 11.9. The summed E-state index contributed by atoms with van der Waals surface area (Å²) < 4.78 is 5.64. The van der Waals surface area contributed by atoms with E-state index in [9.17, 15) is 4.79 Å². The first-order valence-corrected chi connectivity index (χ1v) is 6.29. The Labute approximate surface area is 97.1 Å². The number of amides is 1. The molecular formula is C12H22N2O2. The van der Waals surface area contributed by atoms with Crippen molar-refractivity contribution in [2.24, 2.45) is 5.73 Å². The quantitative estimate of drug-likeness (QED) is 0.774. The largest absolute Gasteiger partial charge is 0.368 e. The van der Waals surface area contributed by atoms with Crippen LogP contribution in [0.5, 0.6) is 0 Å². The van der Waals surface area contributed by atoms with E-state index in [1.807, 2.05) is 11.9 Å². The molecule has 2 unspecified atom stereocenters. The minimum atomic E-state index is 0.113. The highest BCUT2D eigenvalue weighted by Crippen LogP contribution is 2.25. The summed E-state index contributed by atoms with van der Waals surface area (Å²) >= 11 is 0. The van der Waals surface area contributed by atoms with E-state index in [1.165, 1.54) is 0 Å². The Balaban J connectivity index is 1.67. The summed E-state index contributed by atoms with van der Waals surface area (Å²) in [5.41, 5.74) is 5.87. The van der Waals surface area contributed by atoms with Crippen molar-refractivity contribution in [2.45, 2.75) is 56.7 Å². The summed E-state index contributed by atoms with van der Waals surface area (Å²) in [7, 11) is 1.87. The summed E-state index contributed by atoms with van der Waals surface area (Å²) in [5.74, 6) is 0.113. The van der Waals surface area contributed by atoms with Crippen LogP contribution in [-0.2, 0) is 9.53 Å². The van der Waals surface area contributed by atoms with Crippen molar-refractivity contribution in [1.29, 1.82) is 0 Å². The van der Waals surface area contributed by atoms with Crippen LogP contribution in [0.3, 0.4) is 0 Å². The summed E-state index contributed by atoms with van der Waals surface area (Å²) in [6.07, 6.45) is 6.66. The van der Waals surface area contributed by atoms with Gasteiger partial charge in [0.05, 0.1) is 6.10 Å². The zero-order valence-corrected chi connectivity index (χ0v) is 10.0. The zero-order valence-electron chi connectivity index (χ0n) is 10.0. The molecule has 1 amide bonds. The maximum Gasteiger partial charge on any atom is 0.248 e. The fraction of sp³-hybridized carbons (Fsp3) is 0.917. The van der Waals surface area contributed by atoms with Crippen LogP contribution in [0.4, 0.5) is 0 Å². The molecule has 4 heteroatoms. The molecule has 92 valence electrons. The number of carbonyl (C=O) groups excluding carboxylic acids is 1. The van der Waals surface area contributed by atoms with Gasteiger partial charge in [-0.1, -0.05) is 0 Å². The molecule has 2 N–H and O–H groups in total. The molecule has 2 atom stereocenters. The van der Waals surface area contributed by atoms with Crippen LogP contribution in [0.25, 0.3) is 0 Å². The third-order valence-corrected chi connectivity index (χ3v) is 3.60. The lowest BCUT2D eigenvalue weighted by atomic mass is 9.94. The van der Waals surface area contributed by atoms with Gasteiger partial charge in [0, 0.05) is 19.1 Å². The Kier molecular flexibility index (Phi) is 3.82. The highest BCUT2D eigenvalue weighted by Gasteiger charge is 2.30. The number of carbonyl (C=O) groups is 1. The van der Waals surface area contributed by atoms with Gasteiger partial charge in [0.25, 0.3) is 0 Å². The average molecular weight is 226 g/mol. The molecule has 0 heterocycles. The molecule has 0 aliphatic heterocycles. The molecule has 0 bridgehead atoms. The molecule has 0 spiro atoms. The zero-order chi connectivity index (χ0) is 11.5. The Bertz CT molecular complexity index is 253. The molecule has 4 nitrogen and oxygen atoms in total. The first-order valence-electron chi connectivity index (χ1n) is 6.29. The topological polar surface area (TPSA) is 55.6 Å². The number of hydrogen-bond acceptors (Lipinski definition) is 3. The van der Waals surface area contributed by atoms with Gasteiger partial charge >= 0.3 is 0 Å². The van der Waals surface area contributed by atoms with Crippen molar-refractivity contribution in [3.63, 3.8) is 0 Å². The maximum absolute atomic E-state index is 11.7. The molecular weight excluding hydrogens is 204 g/mol. The monoisotopic (exact) mass is 226 g/mol. The second kappa shape index (κ2) is 5.15. The van der Waals surface area contributed by atoms with Gasteiger partial charge < -0.3 is 15.4 Å². The fourth-order valence-corrected chi connectivity index (χ4v) is 2.29. The van der Waals surface area contributed by atoms with E-state index >= 15 is 0 Å². The smallest absolute Gasteiger partial charge is 0.248 e. The van der Waals surface area contributed by atoms with Crippen LogP contribution >= 0.6 is 0 Å². The van der Waals surface area contributed by atoms with Crippen molar-refractivity contribution in [3.05, 3.63) is 0 Å². The van der Waals surface area contributed by atoms with E-state index in [1.54, 1.807) is 0 Å². The van der Waals surface area contributed by atoms with E-state index in [0.717, 1.165) is 38.5 Å². The molecule has 16 heavy (non-hydrogen) atoms. The molecule has 2 rings (SSSR count). The first-order chi connectivity index (χ1) is 7.66. The van der Waals surface area contributed by atoms with Gasteiger partial charge in [-0.3, -0.25) is 4.79 Å². The van der Waals surface area contributed by atoms with Crippen molar-refractivity contribution in [1.82, 2.24) is 4.90 Å². The normalized spacial score (nSPS) is 30.1. The van der Waals surface area contributed by atoms with Crippen LogP contribution in [0, 0.1) is 0 Å². The number of likely N-dealkylation sites (N-methyl/N-ethyl adjacent to an activating group) is 1. The lowest BCUT2D eigenvalue weighted by molar-refractivity contribution is -0.138. The van der Waals surface area contributed by atoms with Gasteiger partial charge in [-0.15, -0.1) is 0 Å². The van der Waals surface area contributed by atoms with E-state index in [4.69, 9.17) is 10.5 Å². The SMILES string of the molecule is CN(C(=O)COC1CCCC(N)C1)C1CC1. The third-order valence-electron chi connectivity index (χ3n) is 3.60. The summed E-state index contributed by atoms with van der Waals surface area (Å²) in [4.78, 5) is 13.5. The molecule has 2 aliphatic rings. The van der Waals surface area contributed by atoms with Gasteiger partial charge in [-0.2, -0.15) is 0 Å². The molecule has 0 saturated heterocycles. The van der Waals surface area contributed by atoms with Crippen molar-refractivity contribution in [2.75, 3.05) is 13.7 Å². The van der Waals surface area contributed by atoms with Crippen molar-refractivity contribution >= 4 is 5.91 Å². The van der Waals surface area contributed by atoms with Gasteiger partial charge in [-0.05, 0) is 38.5 Å². The minimum Gasteiger partial charge on any atom is -0.368 e. The number of ether oxygens (including phenoxy) is 1. The second-order valence-electron chi connectivity index (χ2n) is 5.10. The minimum absolute atomic E-state index is 0.113.